The summed E-state index contributed by atoms with van der Waals surface area (Å²) < 4.78 is 35.4. The van der Waals surface area contributed by atoms with Crippen molar-refractivity contribution in [2.75, 3.05) is 18.0 Å². The van der Waals surface area contributed by atoms with Crippen molar-refractivity contribution in [1.82, 2.24) is 0 Å². The molecule has 0 spiro atoms. The summed E-state index contributed by atoms with van der Waals surface area (Å²) in [5.74, 6) is 0. The molecule has 2 aromatic rings. The number of anilines is 1. The molecule has 0 bridgehead atoms. The lowest BCUT2D eigenvalue weighted by molar-refractivity contribution is -1.92. The molecule has 6 nitrogen and oxygen atoms in total. The highest BCUT2D eigenvalue weighted by molar-refractivity contribution is 6.03. The zero-order valence-corrected chi connectivity index (χ0v) is 45.2. The van der Waals surface area contributed by atoms with E-state index in [-0.39, 0.29) is 10.8 Å². The van der Waals surface area contributed by atoms with Crippen LogP contribution in [0.25, 0.3) is 0 Å². The summed E-state index contributed by atoms with van der Waals surface area (Å²) in [6.45, 7) is 16.5. The van der Waals surface area contributed by atoms with E-state index in [1.807, 2.05) is 0 Å². The van der Waals surface area contributed by atoms with Crippen LogP contribution in [0, 0.1) is 10.2 Å². The quantitative estimate of drug-likeness (QED) is 0.0413. The largest absolute Gasteiger partial charge is 0.344 e. The minimum absolute atomic E-state index is 0.00666. The lowest BCUT2D eigenvalue weighted by Gasteiger charge is -2.27. The minimum Gasteiger partial charge on any atom is -0.344 e. The number of nitrogens with zero attached hydrogens (tertiary/aromatic N) is 2. The first kappa shape index (κ1) is 59.6. The van der Waals surface area contributed by atoms with Crippen molar-refractivity contribution in [2.24, 2.45) is 0 Å². The third-order valence-electron chi connectivity index (χ3n) is 14.8. The van der Waals surface area contributed by atoms with Gasteiger partial charge in [0.25, 0.3) is 0 Å². The summed E-state index contributed by atoms with van der Waals surface area (Å²) in [6.07, 6.45) is 56.9. The van der Waals surface area contributed by atoms with Crippen LogP contribution in [-0.2, 0) is 10.8 Å². The monoisotopic (exact) mass is 960 g/mol. The van der Waals surface area contributed by atoms with Gasteiger partial charge in [0.15, 0.2) is 5.71 Å². The van der Waals surface area contributed by atoms with Crippen molar-refractivity contribution in [2.45, 2.75) is 258 Å². The summed E-state index contributed by atoms with van der Waals surface area (Å²) in [4.78, 5) is 2.64. The molecule has 0 unspecified atom stereocenters. The predicted octanol–water partition coefficient (Wildman–Crippen LogP) is 15.3. The van der Waals surface area contributed by atoms with Crippen LogP contribution in [0.15, 0.2) is 84.6 Å². The maximum atomic E-state index is 8.60. The van der Waals surface area contributed by atoms with E-state index in [1.54, 1.807) is 0 Å². The van der Waals surface area contributed by atoms with Crippen molar-refractivity contribution in [3.8, 4) is 0 Å². The number of halogens is 1. The first-order valence-corrected chi connectivity index (χ1v) is 29.4. The van der Waals surface area contributed by atoms with E-state index >= 15 is 0 Å². The van der Waals surface area contributed by atoms with E-state index in [0.717, 1.165) is 13.1 Å². The highest BCUT2D eigenvalue weighted by Crippen LogP contribution is 2.48. The van der Waals surface area contributed by atoms with Crippen LogP contribution in [0.3, 0.4) is 0 Å². The topological polar surface area (TPSA) is 95.7 Å². The fourth-order valence-electron chi connectivity index (χ4n) is 10.8. The molecule has 68 heavy (non-hydrogen) atoms. The molecule has 2 aliphatic rings. The van der Waals surface area contributed by atoms with Crippen LogP contribution in [0.2, 0.25) is 0 Å². The molecule has 0 aromatic heterocycles. The van der Waals surface area contributed by atoms with E-state index in [2.05, 4.69) is 130 Å². The Labute approximate surface area is 420 Å². The Kier molecular flexibility index (Phi) is 30.3. The van der Waals surface area contributed by atoms with Crippen LogP contribution in [0.5, 0.6) is 0 Å². The Morgan fingerprint density at radius 3 is 1.32 bits per heavy atom. The second kappa shape index (κ2) is 34.6. The number of rotatable bonds is 37. The Hall–Kier alpha value is -2.74. The lowest BCUT2D eigenvalue weighted by atomic mass is 9.81. The first-order valence-electron chi connectivity index (χ1n) is 28.1. The summed E-state index contributed by atoms with van der Waals surface area (Å²) in [5, 5.41) is 0. The third-order valence-corrected chi connectivity index (χ3v) is 14.8. The van der Waals surface area contributed by atoms with Crippen molar-refractivity contribution in [1.29, 1.82) is 0 Å². The Bertz CT molecular complexity index is 1750. The maximum Gasteiger partial charge on any atom is 0.209 e. The molecular formula is C61H100ClN2O4+. The van der Waals surface area contributed by atoms with Crippen molar-refractivity contribution in [3.63, 3.8) is 0 Å². The van der Waals surface area contributed by atoms with Crippen LogP contribution >= 0.6 is 0 Å². The molecule has 0 amide bonds. The lowest BCUT2D eigenvalue weighted by Crippen LogP contribution is -2.58. The van der Waals surface area contributed by atoms with Crippen molar-refractivity contribution < 1.29 is 33.5 Å². The molecule has 0 saturated heterocycles. The van der Waals surface area contributed by atoms with Gasteiger partial charge in [-0.3, -0.25) is 0 Å². The Morgan fingerprint density at radius 1 is 0.485 bits per heavy atom. The molecule has 2 heterocycles. The van der Waals surface area contributed by atoms with E-state index in [0.29, 0.717) is 0 Å². The van der Waals surface area contributed by atoms with Crippen molar-refractivity contribution in [3.05, 3.63) is 95.7 Å². The molecule has 0 saturated carbocycles. The second-order valence-corrected chi connectivity index (χ2v) is 22.1. The van der Waals surface area contributed by atoms with Crippen LogP contribution in [0.4, 0.5) is 11.4 Å². The molecule has 0 fully saturated rings. The van der Waals surface area contributed by atoms with Gasteiger partial charge in [0.1, 0.15) is 6.54 Å². The van der Waals surface area contributed by atoms with Gasteiger partial charge in [-0.2, -0.15) is 18.6 Å². The summed E-state index contributed by atoms with van der Waals surface area (Å²) >= 11 is 0. The number of para-hydroxylation sites is 2. The normalized spacial score (nSPS) is 15.8. The highest BCUT2D eigenvalue weighted by Gasteiger charge is 2.44. The van der Waals surface area contributed by atoms with E-state index in [4.69, 9.17) is 18.6 Å². The fourth-order valence-corrected chi connectivity index (χ4v) is 10.8. The second-order valence-electron chi connectivity index (χ2n) is 21.3. The smallest absolute Gasteiger partial charge is 0.209 e. The average molecular weight is 961 g/mol. The summed E-state index contributed by atoms with van der Waals surface area (Å²) in [6, 6.07) is 18.3. The number of allylic oxidation sites excluding steroid dienone is 6. The minimum atomic E-state index is -4.69. The molecule has 0 atom stereocenters. The standard InChI is InChI=1S/C61H99N2.ClHO4/c1-7-9-11-13-15-17-19-21-23-25-27-29-31-33-35-44-52-62-56-48-42-40-46-54(56)60(3,4)58(62)50-38-37-39-51-59-61(5,6)55-47-41-43-49-57(55)63(59)53-45-36-34-32-30-28-26-24-22-20-18-16-14-12-10-8-2;2-1(3,4)5/h37-43,46-51H,7-36,44-45,52-53H2,1-6H3;(H,2,3,4,5)/q+1;. The number of hydrogen-bond acceptors (Lipinski definition) is 5. The molecule has 0 radical (unpaired) electrons. The molecule has 2 aliphatic heterocycles. The number of unbranched alkanes of at least 4 members (excludes halogenated alkanes) is 30. The number of fused-ring (bicyclic) bond motifs is 2. The predicted molar refractivity (Wildman–Crippen MR) is 284 cm³/mol. The van der Waals surface area contributed by atoms with E-state index in [1.165, 1.54) is 239 Å². The SMILES string of the molecule is CCCCCCCCCCCCCCCCCCN1/C(=C/C=C/C=C/C2=[N+](CCCCCCCCCCCCCCCCCC)c3ccccc3C2(C)C)C(C)(C)c2ccccc21.[O-][Cl+3]([O-])([O-])O. The van der Waals surface area contributed by atoms with Gasteiger partial charge in [-0.15, -0.1) is 0 Å². The van der Waals surface area contributed by atoms with Gasteiger partial charge >= 0.3 is 0 Å². The zero-order chi connectivity index (χ0) is 49.4. The number of benzene rings is 2. The molecule has 1 N–H and O–H groups in total. The summed E-state index contributed by atoms with van der Waals surface area (Å²) in [5.41, 5.74) is 8.58. The molecule has 2 aromatic carbocycles. The molecule has 384 valence electrons. The van der Waals surface area contributed by atoms with E-state index in [9.17, 15) is 0 Å². The van der Waals surface area contributed by atoms with Crippen LogP contribution < -0.4 is 18.9 Å². The van der Waals surface area contributed by atoms with Gasteiger partial charge in [0.05, 0.1) is 20.3 Å². The third kappa shape index (κ3) is 23.0. The van der Waals surface area contributed by atoms with Gasteiger partial charge in [0.2, 0.25) is 5.69 Å². The van der Waals surface area contributed by atoms with Crippen LogP contribution in [-0.4, -0.2) is 28.0 Å². The van der Waals surface area contributed by atoms with Gasteiger partial charge in [0, 0.05) is 47.5 Å². The van der Waals surface area contributed by atoms with Gasteiger partial charge in [-0.05, 0) is 44.4 Å². The summed E-state index contributed by atoms with van der Waals surface area (Å²) in [7, 11) is -4.69. The molecule has 7 heteroatoms. The van der Waals surface area contributed by atoms with Gasteiger partial charge < -0.3 is 4.90 Å². The van der Waals surface area contributed by atoms with Crippen molar-refractivity contribution >= 4 is 17.1 Å². The average Bonchev–Trinajstić information content (AvgIpc) is 3.65. The van der Waals surface area contributed by atoms with Gasteiger partial charge in [-0.1, -0.05) is 269 Å². The maximum absolute atomic E-state index is 8.60. The molecule has 0 aliphatic carbocycles. The first-order chi connectivity index (χ1) is 32.8. The number of hydrogen-bond donors (Lipinski definition) is 1. The highest BCUT2D eigenvalue weighted by atomic mass is 35.7. The van der Waals surface area contributed by atoms with E-state index < -0.39 is 10.2 Å². The Balaban J connectivity index is 0.00000232. The van der Waals surface area contributed by atoms with Crippen LogP contribution in [0.1, 0.15) is 258 Å². The zero-order valence-electron chi connectivity index (χ0n) is 44.5. The molecule has 4 rings (SSSR count). The molecular weight excluding hydrogens is 860 g/mol. The fraction of sp³-hybridized carbons (Fsp3) is 0.689. The Morgan fingerprint density at radius 2 is 0.868 bits per heavy atom. The van der Waals surface area contributed by atoms with Gasteiger partial charge in [-0.25, -0.2) is 0 Å².